The van der Waals surface area contributed by atoms with E-state index < -0.39 is 4.92 Å². The molecule has 0 heterocycles. The molecule has 2 aromatic carbocycles. The lowest BCUT2D eigenvalue weighted by Crippen LogP contribution is -2.13. The van der Waals surface area contributed by atoms with Crippen LogP contribution in [-0.2, 0) is 0 Å². The predicted octanol–water partition coefficient (Wildman–Crippen LogP) is 3.92. The molecule has 0 aliphatic rings. The Morgan fingerprint density at radius 2 is 1.95 bits per heavy atom. The van der Waals surface area contributed by atoms with E-state index in [1.807, 2.05) is 13.0 Å². The molecule has 0 atom stereocenters. The van der Waals surface area contributed by atoms with Gasteiger partial charge in [-0.25, -0.2) is 0 Å². The number of anilines is 1. The number of aryl methyl sites for hydroxylation is 1. The maximum Gasteiger partial charge on any atom is 0.271 e. The average molecular weight is 335 g/mol. The molecule has 0 aromatic heterocycles. The van der Waals surface area contributed by atoms with E-state index in [-0.39, 0.29) is 11.6 Å². The quantitative estimate of drug-likeness (QED) is 0.683. The van der Waals surface area contributed by atoms with Crippen LogP contribution in [0, 0.1) is 17.0 Å². The monoisotopic (exact) mass is 334 g/mol. The molecule has 0 aliphatic heterocycles. The summed E-state index contributed by atoms with van der Waals surface area (Å²) in [5.41, 5.74) is 1.75. The molecule has 1 N–H and O–H groups in total. The van der Waals surface area contributed by atoms with Gasteiger partial charge in [0.15, 0.2) is 0 Å². The Labute approximate surface area is 123 Å². The lowest BCUT2D eigenvalue weighted by atomic mass is 10.1. The summed E-state index contributed by atoms with van der Waals surface area (Å²) in [5.74, 6) is -0.318. The Kier molecular flexibility index (Phi) is 4.14. The SMILES string of the molecule is Cc1cccc(C(=O)Nc2cccc([N+](=O)[O-])c2)c1Br. The molecule has 102 valence electrons. The topological polar surface area (TPSA) is 72.2 Å². The molecule has 5 nitrogen and oxygen atoms in total. The number of carbonyl (C=O) groups is 1. The Morgan fingerprint density at radius 3 is 2.65 bits per heavy atom. The van der Waals surface area contributed by atoms with E-state index in [4.69, 9.17) is 0 Å². The summed E-state index contributed by atoms with van der Waals surface area (Å²) >= 11 is 3.36. The third kappa shape index (κ3) is 3.03. The molecule has 0 spiro atoms. The highest BCUT2D eigenvalue weighted by molar-refractivity contribution is 9.10. The van der Waals surface area contributed by atoms with Gasteiger partial charge in [-0.2, -0.15) is 0 Å². The van der Waals surface area contributed by atoms with E-state index in [1.165, 1.54) is 18.2 Å². The van der Waals surface area contributed by atoms with Gasteiger partial charge in [0.25, 0.3) is 11.6 Å². The van der Waals surface area contributed by atoms with E-state index in [2.05, 4.69) is 21.2 Å². The predicted molar refractivity (Wildman–Crippen MR) is 79.9 cm³/mol. The van der Waals surface area contributed by atoms with Crippen molar-refractivity contribution in [2.75, 3.05) is 5.32 Å². The molecule has 0 saturated heterocycles. The van der Waals surface area contributed by atoms with Crippen LogP contribution in [0.5, 0.6) is 0 Å². The van der Waals surface area contributed by atoms with Crippen molar-refractivity contribution in [3.63, 3.8) is 0 Å². The van der Waals surface area contributed by atoms with Gasteiger partial charge in [0, 0.05) is 22.3 Å². The smallest absolute Gasteiger partial charge is 0.271 e. The number of nitro benzene ring substituents is 1. The maximum absolute atomic E-state index is 12.2. The standard InChI is InChI=1S/C14H11BrN2O3/c1-9-4-2-7-12(13(9)15)14(18)16-10-5-3-6-11(8-10)17(19)20/h2-8H,1H3,(H,16,18). The summed E-state index contributed by atoms with van der Waals surface area (Å²) in [5, 5.41) is 13.3. The van der Waals surface area contributed by atoms with Gasteiger partial charge in [-0.05, 0) is 40.5 Å². The number of nitrogens with zero attached hydrogens (tertiary/aromatic N) is 1. The fourth-order valence-electron chi connectivity index (χ4n) is 1.72. The lowest BCUT2D eigenvalue weighted by molar-refractivity contribution is -0.384. The Bertz CT molecular complexity index is 686. The largest absolute Gasteiger partial charge is 0.322 e. The van der Waals surface area contributed by atoms with Crippen molar-refractivity contribution in [3.8, 4) is 0 Å². The van der Waals surface area contributed by atoms with Crippen LogP contribution in [0.25, 0.3) is 0 Å². The molecule has 20 heavy (non-hydrogen) atoms. The maximum atomic E-state index is 12.2. The number of nitrogens with one attached hydrogen (secondary N) is 1. The Hall–Kier alpha value is -2.21. The summed E-state index contributed by atoms with van der Waals surface area (Å²) in [7, 11) is 0. The van der Waals surface area contributed by atoms with Crippen molar-refractivity contribution in [3.05, 3.63) is 68.2 Å². The summed E-state index contributed by atoms with van der Waals surface area (Å²) in [4.78, 5) is 22.3. The normalized spacial score (nSPS) is 10.1. The number of carbonyl (C=O) groups excluding carboxylic acids is 1. The fraction of sp³-hybridized carbons (Fsp3) is 0.0714. The van der Waals surface area contributed by atoms with Crippen LogP contribution in [0.2, 0.25) is 0 Å². The van der Waals surface area contributed by atoms with Gasteiger partial charge in [0.05, 0.1) is 10.5 Å². The van der Waals surface area contributed by atoms with Crippen molar-refractivity contribution >= 4 is 33.2 Å². The molecule has 0 bridgehead atoms. The minimum absolute atomic E-state index is 0.0638. The summed E-state index contributed by atoms with van der Waals surface area (Å²) in [6.45, 7) is 1.88. The Morgan fingerprint density at radius 1 is 1.25 bits per heavy atom. The molecule has 2 aromatic rings. The van der Waals surface area contributed by atoms with Gasteiger partial charge in [-0.1, -0.05) is 18.2 Å². The van der Waals surface area contributed by atoms with Crippen LogP contribution in [0.1, 0.15) is 15.9 Å². The molecule has 0 radical (unpaired) electrons. The number of halogens is 1. The van der Waals surface area contributed by atoms with Crippen molar-refractivity contribution in [1.29, 1.82) is 0 Å². The van der Waals surface area contributed by atoms with Gasteiger partial charge in [-0.15, -0.1) is 0 Å². The molecular weight excluding hydrogens is 324 g/mol. The van der Waals surface area contributed by atoms with E-state index in [1.54, 1.807) is 18.2 Å². The molecule has 0 fully saturated rings. The number of benzene rings is 2. The minimum atomic E-state index is -0.502. The van der Waals surface area contributed by atoms with Crippen LogP contribution >= 0.6 is 15.9 Å². The van der Waals surface area contributed by atoms with Crippen LogP contribution in [0.3, 0.4) is 0 Å². The molecule has 0 saturated carbocycles. The third-order valence-electron chi connectivity index (χ3n) is 2.75. The first-order valence-corrected chi connectivity index (χ1v) is 6.59. The first kappa shape index (κ1) is 14.2. The number of nitro groups is 1. The zero-order valence-electron chi connectivity index (χ0n) is 10.6. The number of amides is 1. The molecular formula is C14H11BrN2O3. The zero-order chi connectivity index (χ0) is 14.7. The number of hydrogen-bond acceptors (Lipinski definition) is 3. The van der Waals surface area contributed by atoms with Crippen LogP contribution in [0.15, 0.2) is 46.9 Å². The van der Waals surface area contributed by atoms with Gasteiger partial charge in [0.2, 0.25) is 0 Å². The zero-order valence-corrected chi connectivity index (χ0v) is 12.2. The number of hydrogen-bond donors (Lipinski definition) is 1. The van der Waals surface area contributed by atoms with E-state index in [0.717, 1.165) is 5.56 Å². The van der Waals surface area contributed by atoms with Crippen molar-refractivity contribution in [2.45, 2.75) is 6.92 Å². The van der Waals surface area contributed by atoms with Gasteiger partial charge >= 0.3 is 0 Å². The van der Waals surface area contributed by atoms with Gasteiger partial charge in [0.1, 0.15) is 0 Å². The highest BCUT2D eigenvalue weighted by Crippen LogP contribution is 2.23. The second kappa shape index (κ2) is 5.83. The van der Waals surface area contributed by atoms with Gasteiger partial charge in [-0.3, -0.25) is 14.9 Å². The third-order valence-corrected chi connectivity index (χ3v) is 3.80. The van der Waals surface area contributed by atoms with E-state index in [9.17, 15) is 14.9 Å². The molecule has 6 heteroatoms. The molecule has 1 amide bonds. The number of non-ortho nitro benzene ring substituents is 1. The number of rotatable bonds is 3. The van der Waals surface area contributed by atoms with Gasteiger partial charge < -0.3 is 5.32 Å². The molecule has 0 unspecified atom stereocenters. The second-order valence-corrected chi connectivity index (χ2v) is 4.99. The first-order valence-electron chi connectivity index (χ1n) is 5.80. The Balaban J connectivity index is 2.26. The first-order chi connectivity index (χ1) is 9.49. The summed E-state index contributed by atoms with van der Waals surface area (Å²) in [6.07, 6.45) is 0. The van der Waals surface area contributed by atoms with Crippen molar-refractivity contribution in [1.82, 2.24) is 0 Å². The minimum Gasteiger partial charge on any atom is -0.322 e. The molecule has 0 aliphatic carbocycles. The fourth-order valence-corrected chi connectivity index (χ4v) is 2.16. The molecule has 2 rings (SSSR count). The second-order valence-electron chi connectivity index (χ2n) is 4.20. The van der Waals surface area contributed by atoms with Crippen LogP contribution in [0.4, 0.5) is 11.4 Å². The highest BCUT2D eigenvalue weighted by Gasteiger charge is 2.13. The summed E-state index contributed by atoms with van der Waals surface area (Å²) in [6, 6.07) is 11.2. The van der Waals surface area contributed by atoms with E-state index in [0.29, 0.717) is 15.7 Å². The van der Waals surface area contributed by atoms with Crippen molar-refractivity contribution in [2.24, 2.45) is 0 Å². The van der Waals surface area contributed by atoms with Crippen molar-refractivity contribution < 1.29 is 9.72 Å². The van der Waals surface area contributed by atoms with Crippen LogP contribution < -0.4 is 5.32 Å². The van der Waals surface area contributed by atoms with E-state index >= 15 is 0 Å². The average Bonchev–Trinajstić information content (AvgIpc) is 2.42. The van der Waals surface area contributed by atoms with Crippen LogP contribution in [-0.4, -0.2) is 10.8 Å². The lowest BCUT2D eigenvalue weighted by Gasteiger charge is -2.08. The summed E-state index contributed by atoms with van der Waals surface area (Å²) < 4.78 is 0.711. The highest BCUT2D eigenvalue weighted by atomic mass is 79.9.